The van der Waals surface area contributed by atoms with Crippen molar-refractivity contribution in [1.29, 1.82) is 10.5 Å². The molecule has 0 spiro atoms. The monoisotopic (exact) mass is 567 g/mol. The standard InChI is InChI=1S/C31H31F2N9/c1-17-22(7-8-24(32)38-17)27(28-29(33)42(41-40-28)31(9-10-31)20-5-6-20)39-21-11-18(13-34)25-23(12-21)26(19(14-35)15-36-25)37-16-30(2,3)4/h7-8,11-12,15,20,27,39H,5-6,9-10,16H2,1-4H3,(H,36,37)/t27-/m0/s1. The number of rotatable bonds is 8. The van der Waals surface area contributed by atoms with Gasteiger partial charge in [-0.25, -0.2) is 9.67 Å². The van der Waals surface area contributed by atoms with Crippen LogP contribution in [0.5, 0.6) is 0 Å². The molecule has 1 aromatic carbocycles. The molecule has 6 rings (SSSR count). The number of fused-ring (bicyclic) bond motifs is 1. The van der Waals surface area contributed by atoms with Crippen molar-refractivity contribution in [2.24, 2.45) is 11.3 Å². The van der Waals surface area contributed by atoms with Crippen LogP contribution in [0.15, 0.2) is 30.5 Å². The fraction of sp³-hybridized carbons (Fsp3) is 0.419. The third-order valence-corrected chi connectivity index (χ3v) is 8.16. The van der Waals surface area contributed by atoms with Crippen LogP contribution < -0.4 is 10.6 Å². The van der Waals surface area contributed by atoms with Gasteiger partial charge in [-0.1, -0.05) is 32.1 Å². The molecule has 0 aliphatic heterocycles. The van der Waals surface area contributed by atoms with Gasteiger partial charge in [0.25, 0.3) is 0 Å². The minimum atomic E-state index is -0.885. The SMILES string of the molecule is Cc1nc(F)ccc1[C@H](Nc1cc(C#N)c2ncc(C#N)c(NCC(C)(C)C)c2c1)c1nnn(C2(C3CC3)CC2)c1F. The summed E-state index contributed by atoms with van der Waals surface area (Å²) in [5.41, 5.74) is 2.63. The Morgan fingerprint density at radius 2 is 1.86 bits per heavy atom. The normalized spacial score (nSPS) is 16.5. The fourth-order valence-electron chi connectivity index (χ4n) is 5.69. The highest BCUT2D eigenvalue weighted by molar-refractivity contribution is 5.99. The molecular weight excluding hydrogens is 536 g/mol. The lowest BCUT2D eigenvalue weighted by Crippen LogP contribution is -2.24. The average molecular weight is 568 g/mol. The zero-order valence-corrected chi connectivity index (χ0v) is 24.0. The second kappa shape index (κ2) is 10.0. The third-order valence-electron chi connectivity index (χ3n) is 8.16. The van der Waals surface area contributed by atoms with Crippen LogP contribution in [0.1, 0.15) is 80.6 Å². The number of nitriles is 2. The summed E-state index contributed by atoms with van der Waals surface area (Å²) in [6.45, 7) is 8.44. The van der Waals surface area contributed by atoms with Crippen molar-refractivity contribution < 1.29 is 8.78 Å². The third kappa shape index (κ3) is 4.89. The van der Waals surface area contributed by atoms with Gasteiger partial charge >= 0.3 is 0 Å². The van der Waals surface area contributed by atoms with Crippen molar-refractivity contribution in [3.63, 3.8) is 0 Å². The summed E-state index contributed by atoms with van der Waals surface area (Å²) in [7, 11) is 0. The molecule has 2 aliphatic carbocycles. The van der Waals surface area contributed by atoms with Gasteiger partial charge in [0.2, 0.25) is 11.9 Å². The second-order valence-electron chi connectivity index (χ2n) is 12.5. The zero-order chi connectivity index (χ0) is 29.8. The van der Waals surface area contributed by atoms with E-state index in [1.807, 2.05) is 0 Å². The van der Waals surface area contributed by atoms with Crippen molar-refractivity contribution in [2.45, 2.75) is 65.0 Å². The number of benzene rings is 1. The first kappa shape index (κ1) is 27.5. The number of halogens is 2. The van der Waals surface area contributed by atoms with E-state index >= 15 is 4.39 Å². The Morgan fingerprint density at radius 3 is 2.48 bits per heavy atom. The summed E-state index contributed by atoms with van der Waals surface area (Å²) in [4.78, 5) is 8.38. The van der Waals surface area contributed by atoms with Crippen molar-refractivity contribution in [3.8, 4) is 12.1 Å². The molecule has 42 heavy (non-hydrogen) atoms. The largest absolute Gasteiger partial charge is 0.383 e. The van der Waals surface area contributed by atoms with Gasteiger partial charge in [-0.2, -0.15) is 19.3 Å². The molecule has 0 bridgehead atoms. The van der Waals surface area contributed by atoms with E-state index in [9.17, 15) is 14.9 Å². The lowest BCUT2D eigenvalue weighted by Gasteiger charge is -2.23. The topological polar surface area (TPSA) is 128 Å². The molecule has 214 valence electrons. The van der Waals surface area contributed by atoms with Gasteiger partial charge in [0.15, 0.2) is 0 Å². The van der Waals surface area contributed by atoms with E-state index in [1.54, 1.807) is 25.1 Å². The maximum atomic E-state index is 16.2. The quantitative estimate of drug-likeness (QED) is 0.244. The number of nitrogens with one attached hydrogen (secondary N) is 2. The first-order valence-electron chi connectivity index (χ1n) is 14.1. The summed E-state index contributed by atoms with van der Waals surface area (Å²) in [5.74, 6) is -0.781. The van der Waals surface area contributed by atoms with E-state index < -0.39 is 17.9 Å². The summed E-state index contributed by atoms with van der Waals surface area (Å²) >= 11 is 0. The van der Waals surface area contributed by atoms with Crippen LogP contribution in [0.4, 0.5) is 20.2 Å². The average Bonchev–Trinajstić information content (AvgIpc) is 3.87. The Morgan fingerprint density at radius 1 is 1.12 bits per heavy atom. The fourth-order valence-corrected chi connectivity index (χ4v) is 5.69. The molecule has 0 radical (unpaired) electrons. The molecule has 0 saturated heterocycles. The van der Waals surface area contributed by atoms with Crippen molar-refractivity contribution >= 4 is 22.3 Å². The Kier molecular flexibility index (Phi) is 6.57. The minimum Gasteiger partial charge on any atom is -0.383 e. The number of aryl methyl sites for hydroxylation is 1. The van der Waals surface area contributed by atoms with Gasteiger partial charge in [0.05, 0.1) is 27.9 Å². The lowest BCUT2D eigenvalue weighted by atomic mass is 9.96. The van der Waals surface area contributed by atoms with Gasteiger partial charge in [-0.05, 0) is 62.1 Å². The van der Waals surface area contributed by atoms with E-state index in [-0.39, 0.29) is 22.2 Å². The number of aromatic nitrogens is 5. The van der Waals surface area contributed by atoms with Gasteiger partial charge in [-0.3, -0.25) is 4.98 Å². The molecular formula is C31H31F2N9. The van der Waals surface area contributed by atoms with Crippen molar-refractivity contribution in [2.75, 3.05) is 17.2 Å². The highest BCUT2D eigenvalue weighted by Gasteiger charge is 2.58. The van der Waals surface area contributed by atoms with E-state index in [4.69, 9.17) is 0 Å². The summed E-state index contributed by atoms with van der Waals surface area (Å²) in [5, 5.41) is 35.7. The molecule has 2 saturated carbocycles. The van der Waals surface area contributed by atoms with Gasteiger partial charge in [0.1, 0.15) is 23.9 Å². The van der Waals surface area contributed by atoms with Crippen LogP contribution in [-0.4, -0.2) is 31.5 Å². The predicted octanol–water partition coefficient (Wildman–Crippen LogP) is 6.11. The van der Waals surface area contributed by atoms with Crippen LogP contribution in [0.25, 0.3) is 10.9 Å². The van der Waals surface area contributed by atoms with Crippen LogP contribution in [0, 0.1) is 52.8 Å². The molecule has 1 atom stereocenters. The molecule has 2 aliphatic rings. The molecule has 3 aromatic heterocycles. The molecule has 4 aromatic rings. The van der Waals surface area contributed by atoms with E-state index in [0.29, 0.717) is 51.6 Å². The molecule has 0 amide bonds. The highest BCUT2D eigenvalue weighted by Crippen LogP contribution is 2.59. The Labute approximate surface area is 242 Å². The maximum absolute atomic E-state index is 16.2. The Hall–Kier alpha value is -4.64. The number of nitrogens with zero attached hydrogens (tertiary/aromatic N) is 7. The van der Waals surface area contributed by atoms with E-state index in [0.717, 1.165) is 25.7 Å². The first-order chi connectivity index (χ1) is 20.0. The summed E-state index contributed by atoms with van der Waals surface area (Å²) in [6.07, 6.45) is 5.28. The lowest BCUT2D eigenvalue weighted by molar-refractivity contribution is 0.314. The van der Waals surface area contributed by atoms with E-state index in [1.165, 1.54) is 16.9 Å². The first-order valence-corrected chi connectivity index (χ1v) is 14.1. The molecule has 9 nitrogen and oxygen atoms in total. The van der Waals surface area contributed by atoms with E-state index in [2.05, 4.69) is 63.8 Å². The molecule has 2 fully saturated rings. The smallest absolute Gasteiger partial charge is 0.237 e. The second-order valence-corrected chi connectivity index (χ2v) is 12.5. The van der Waals surface area contributed by atoms with Crippen molar-refractivity contribution in [3.05, 3.63) is 70.4 Å². The summed E-state index contributed by atoms with van der Waals surface area (Å²) in [6, 6.07) is 9.69. The Balaban J connectivity index is 1.48. The van der Waals surface area contributed by atoms with Gasteiger partial charge in [0, 0.05) is 35.1 Å². The van der Waals surface area contributed by atoms with Crippen LogP contribution >= 0.6 is 0 Å². The molecule has 0 unspecified atom stereocenters. The maximum Gasteiger partial charge on any atom is 0.237 e. The van der Waals surface area contributed by atoms with Gasteiger partial charge < -0.3 is 10.6 Å². The summed E-state index contributed by atoms with van der Waals surface area (Å²) < 4.78 is 31.6. The van der Waals surface area contributed by atoms with Crippen LogP contribution in [0.2, 0.25) is 0 Å². The number of hydrogen-bond acceptors (Lipinski definition) is 8. The van der Waals surface area contributed by atoms with Gasteiger partial charge in [-0.15, -0.1) is 5.10 Å². The minimum absolute atomic E-state index is 0.0621. The predicted molar refractivity (Wildman–Crippen MR) is 153 cm³/mol. The molecule has 3 heterocycles. The number of anilines is 2. The Bertz CT molecular complexity index is 1780. The van der Waals surface area contributed by atoms with Crippen LogP contribution in [0.3, 0.4) is 0 Å². The number of hydrogen-bond donors (Lipinski definition) is 2. The van der Waals surface area contributed by atoms with Crippen molar-refractivity contribution in [1.82, 2.24) is 25.0 Å². The highest BCUT2D eigenvalue weighted by atomic mass is 19.1. The number of pyridine rings is 2. The molecule has 11 heteroatoms. The molecule has 2 N–H and O–H groups in total. The van der Waals surface area contributed by atoms with Crippen LogP contribution in [-0.2, 0) is 5.54 Å². The zero-order valence-electron chi connectivity index (χ0n) is 24.0.